The van der Waals surface area contributed by atoms with Gasteiger partial charge in [-0.05, 0) is 30.3 Å². The molecule has 156 valence electrons. The third-order valence-electron chi connectivity index (χ3n) is 4.50. The Morgan fingerprint density at radius 1 is 1.14 bits per heavy atom. The van der Waals surface area contributed by atoms with E-state index in [4.69, 9.17) is 21.1 Å². The minimum Gasteiger partial charge on any atom is -0.489 e. The van der Waals surface area contributed by atoms with Crippen LogP contribution in [0, 0.1) is 0 Å². The molecule has 1 aliphatic rings. The smallest absolute Gasteiger partial charge is 0.255 e. The van der Waals surface area contributed by atoms with Gasteiger partial charge >= 0.3 is 0 Å². The van der Waals surface area contributed by atoms with E-state index in [0.29, 0.717) is 43.5 Å². The van der Waals surface area contributed by atoms with Crippen LogP contribution in [0.15, 0.2) is 41.3 Å². The normalized spacial score (nSPS) is 13.8. The Morgan fingerprint density at radius 3 is 2.59 bits per heavy atom. The predicted molar refractivity (Wildman–Crippen MR) is 112 cm³/mol. The molecule has 29 heavy (non-hydrogen) atoms. The minimum absolute atomic E-state index is 0.121. The van der Waals surface area contributed by atoms with Gasteiger partial charge < -0.3 is 14.8 Å². The summed E-state index contributed by atoms with van der Waals surface area (Å²) in [7, 11) is -3.62. The third kappa shape index (κ3) is 4.66. The molecule has 1 aliphatic heterocycles. The zero-order valence-corrected chi connectivity index (χ0v) is 17.8. The molecule has 3 rings (SSSR count). The standard InChI is InChI=1S/C20H23ClN2O5S/c1-3-23(4-2)29(25,26)16-8-5-7-15(13-16)22-20(24)14-11-17(21)19-18(12-14)27-9-6-10-28-19/h5,7-8,11-13H,3-4,6,9-10H2,1-2H3,(H,22,24). The average Bonchev–Trinajstić information content (AvgIpc) is 2.95. The van der Waals surface area contributed by atoms with E-state index in [0.717, 1.165) is 6.42 Å². The van der Waals surface area contributed by atoms with Crippen molar-refractivity contribution in [3.8, 4) is 11.5 Å². The van der Waals surface area contributed by atoms with Crippen LogP contribution in [0.3, 0.4) is 0 Å². The van der Waals surface area contributed by atoms with Crippen LogP contribution in [0.1, 0.15) is 30.6 Å². The Balaban J connectivity index is 1.85. The van der Waals surface area contributed by atoms with Gasteiger partial charge in [-0.25, -0.2) is 8.42 Å². The fraction of sp³-hybridized carbons (Fsp3) is 0.350. The second-order valence-corrected chi connectivity index (χ2v) is 8.75. The van der Waals surface area contributed by atoms with Crippen molar-refractivity contribution in [3.05, 3.63) is 47.0 Å². The molecule has 0 saturated heterocycles. The molecule has 0 aromatic heterocycles. The highest BCUT2D eigenvalue weighted by Gasteiger charge is 2.22. The van der Waals surface area contributed by atoms with Crippen LogP contribution in [-0.2, 0) is 10.0 Å². The Labute approximate surface area is 175 Å². The number of anilines is 1. The Hall–Kier alpha value is -2.29. The molecule has 1 amide bonds. The molecule has 0 saturated carbocycles. The van der Waals surface area contributed by atoms with E-state index in [1.807, 2.05) is 0 Å². The van der Waals surface area contributed by atoms with E-state index in [1.165, 1.54) is 22.5 Å². The van der Waals surface area contributed by atoms with E-state index >= 15 is 0 Å². The van der Waals surface area contributed by atoms with Crippen LogP contribution in [-0.4, -0.2) is 44.9 Å². The number of carbonyl (C=O) groups is 1. The van der Waals surface area contributed by atoms with Gasteiger partial charge in [-0.3, -0.25) is 4.79 Å². The average molecular weight is 439 g/mol. The van der Waals surface area contributed by atoms with Crippen molar-refractivity contribution in [1.82, 2.24) is 4.31 Å². The molecule has 1 heterocycles. The lowest BCUT2D eigenvalue weighted by molar-refractivity contribution is 0.102. The first kappa shape index (κ1) is 21.4. The van der Waals surface area contributed by atoms with Crippen molar-refractivity contribution in [2.45, 2.75) is 25.2 Å². The summed E-state index contributed by atoms with van der Waals surface area (Å²) in [5.74, 6) is 0.408. The summed E-state index contributed by atoms with van der Waals surface area (Å²) >= 11 is 6.25. The van der Waals surface area contributed by atoms with Crippen LogP contribution in [0.2, 0.25) is 5.02 Å². The monoisotopic (exact) mass is 438 g/mol. The second kappa shape index (κ2) is 9.02. The molecule has 0 spiro atoms. The quantitative estimate of drug-likeness (QED) is 0.741. The number of carbonyl (C=O) groups excluding carboxylic acids is 1. The number of rotatable bonds is 6. The fourth-order valence-electron chi connectivity index (χ4n) is 3.01. The molecule has 0 radical (unpaired) electrons. The van der Waals surface area contributed by atoms with Crippen LogP contribution in [0.4, 0.5) is 5.69 Å². The zero-order valence-electron chi connectivity index (χ0n) is 16.3. The number of nitrogens with one attached hydrogen (secondary N) is 1. The molecule has 0 atom stereocenters. The van der Waals surface area contributed by atoms with Crippen molar-refractivity contribution in [2.24, 2.45) is 0 Å². The lowest BCUT2D eigenvalue weighted by Crippen LogP contribution is -2.30. The van der Waals surface area contributed by atoms with Gasteiger partial charge in [0.15, 0.2) is 11.5 Å². The van der Waals surface area contributed by atoms with Gasteiger partial charge in [0, 0.05) is 30.8 Å². The van der Waals surface area contributed by atoms with E-state index in [2.05, 4.69) is 5.32 Å². The number of benzene rings is 2. The summed E-state index contributed by atoms with van der Waals surface area (Å²) in [6, 6.07) is 9.24. The van der Waals surface area contributed by atoms with Crippen LogP contribution in [0.25, 0.3) is 0 Å². The summed E-state index contributed by atoms with van der Waals surface area (Å²) in [4.78, 5) is 12.8. The van der Waals surface area contributed by atoms with Crippen molar-refractivity contribution >= 4 is 33.2 Å². The topological polar surface area (TPSA) is 84.9 Å². The van der Waals surface area contributed by atoms with Crippen LogP contribution < -0.4 is 14.8 Å². The summed E-state index contributed by atoms with van der Waals surface area (Å²) in [5, 5.41) is 3.00. The van der Waals surface area contributed by atoms with Gasteiger partial charge in [0.25, 0.3) is 5.91 Å². The number of halogens is 1. The highest BCUT2D eigenvalue weighted by Crippen LogP contribution is 2.38. The number of hydrogen-bond acceptors (Lipinski definition) is 5. The van der Waals surface area contributed by atoms with Gasteiger partial charge in [0.05, 0.1) is 23.1 Å². The Morgan fingerprint density at radius 2 is 1.86 bits per heavy atom. The number of sulfonamides is 1. The summed E-state index contributed by atoms with van der Waals surface area (Å²) in [5.41, 5.74) is 0.655. The van der Waals surface area contributed by atoms with Gasteiger partial charge in [0.2, 0.25) is 10.0 Å². The Kier molecular flexibility index (Phi) is 6.66. The van der Waals surface area contributed by atoms with E-state index in [1.54, 1.807) is 32.0 Å². The predicted octanol–water partition coefficient (Wildman–Crippen LogP) is 3.78. The third-order valence-corrected chi connectivity index (χ3v) is 6.83. The minimum atomic E-state index is -3.62. The Bertz CT molecular complexity index is 1010. The van der Waals surface area contributed by atoms with Crippen molar-refractivity contribution in [3.63, 3.8) is 0 Å². The molecule has 7 nitrogen and oxygen atoms in total. The van der Waals surface area contributed by atoms with Gasteiger partial charge in [-0.1, -0.05) is 31.5 Å². The molecule has 1 N–H and O–H groups in total. The van der Waals surface area contributed by atoms with Crippen LogP contribution in [0.5, 0.6) is 11.5 Å². The van der Waals surface area contributed by atoms with Crippen molar-refractivity contribution in [1.29, 1.82) is 0 Å². The molecular formula is C20H23ClN2O5S. The fourth-order valence-corrected chi connectivity index (χ4v) is 4.78. The number of ether oxygens (including phenoxy) is 2. The lowest BCUT2D eigenvalue weighted by Gasteiger charge is -2.19. The molecule has 9 heteroatoms. The molecule has 2 aromatic rings. The lowest BCUT2D eigenvalue weighted by atomic mass is 10.1. The van der Waals surface area contributed by atoms with Gasteiger partial charge in [-0.15, -0.1) is 0 Å². The molecule has 0 unspecified atom stereocenters. The second-order valence-electron chi connectivity index (χ2n) is 6.41. The summed E-state index contributed by atoms with van der Waals surface area (Å²) < 4.78 is 37.9. The highest BCUT2D eigenvalue weighted by atomic mass is 35.5. The number of hydrogen-bond donors (Lipinski definition) is 1. The summed E-state index contributed by atoms with van der Waals surface area (Å²) in [6.45, 7) is 5.25. The molecule has 0 fully saturated rings. The maximum Gasteiger partial charge on any atom is 0.255 e. The summed E-state index contributed by atoms with van der Waals surface area (Å²) in [6.07, 6.45) is 0.723. The molecule has 0 aliphatic carbocycles. The highest BCUT2D eigenvalue weighted by molar-refractivity contribution is 7.89. The number of fused-ring (bicyclic) bond motifs is 1. The maximum atomic E-state index is 12.7. The first-order valence-electron chi connectivity index (χ1n) is 9.37. The van der Waals surface area contributed by atoms with E-state index < -0.39 is 15.9 Å². The zero-order chi connectivity index (χ0) is 21.0. The van der Waals surface area contributed by atoms with Crippen molar-refractivity contribution in [2.75, 3.05) is 31.6 Å². The van der Waals surface area contributed by atoms with E-state index in [-0.39, 0.29) is 15.5 Å². The SMILES string of the molecule is CCN(CC)S(=O)(=O)c1cccc(NC(=O)c2cc(Cl)c3c(c2)OCCCO3)c1. The largest absolute Gasteiger partial charge is 0.489 e. The first-order valence-corrected chi connectivity index (χ1v) is 11.2. The first-order chi connectivity index (χ1) is 13.9. The number of amides is 1. The van der Waals surface area contributed by atoms with Crippen molar-refractivity contribution < 1.29 is 22.7 Å². The van der Waals surface area contributed by atoms with E-state index in [9.17, 15) is 13.2 Å². The van der Waals surface area contributed by atoms with Crippen LogP contribution >= 0.6 is 11.6 Å². The number of nitrogens with zero attached hydrogens (tertiary/aromatic N) is 1. The molecule has 0 bridgehead atoms. The van der Waals surface area contributed by atoms with Gasteiger partial charge in [0.1, 0.15) is 0 Å². The van der Waals surface area contributed by atoms with Gasteiger partial charge in [-0.2, -0.15) is 4.31 Å². The maximum absolute atomic E-state index is 12.7. The molecule has 2 aromatic carbocycles. The molecular weight excluding hydrogens is 416 g/mol.